The summed E-state index contributed by atoms with van der Waals surface area (Å²) < 4.78 is 0. The lowest BCUT2D eigenvalue weighted by Crippen LogP contribution is -1.83. The Hall–Kier alpha value is -2.41. The molecule has 0 fully saturated rings. The standard InChI is InChI=1S/C18H15N/c1-14-4-2-3-5-18(14)17-8-6-15(7-9-17)16-10-12-19-13-11-16/h2-13H,1H3. The maximum absolute atomic E-state index is 4.05. The van der Waals surface area contributed by atoms with Gasteiger partial charge in [0.15, 0.2) is 0 Å². The molecular weight excluding hydrogens is 230 g/mol. The Balaban J connectivity index is 1.98. The van der Waals surface area contributed by atoms with Gasteiger partial charge in [0.25, 0.3) is 0 Å². The van der Waals surface area contributed by atoms with Crippen LogP contribution in [-0.4, -0.2) is 4.98 Å². The van der Waals surface area contributed by atoms with Gasteiger partial charge in [-0.25, -0.2) is 0 Å². The number of pyridine rings is 1. The van der Waals surface area contributed by atoms with Crippen LogP contribution in [0.15, 0.2) is 73.1 Å². The third-order valence-electron chi connectivity index (χ3n) is 3.35. The number of aryl methyl sites for hydroxylation is 1. The molecule has 0 unspecified atom stereocenters. The van der Waals surface area contributed by atoms with E-state index in [0.29, 0.717) is 0 Å². The van der Waals surface area contributed by atoms with Gasteiger partial charge in [-0.3, -0.25) is 4.98 Å². The Morgan fingerprint density at radius 2 is 1.21 bits per heavy atom. The SMILES string of the molecule is Cc1ccccc1-c1ccc(-c2ccncc2)cc1. The summed E-state index contributed by atoms with van der Waals surface area (Å²) in [6, 6.07) is 21.2. The minimum Gasteiger partial charge on any atom is -0.265 e. The van der Waals surface area contributed by atoms with E-state index in [9.17, 15) is 0 Å². The van der Waals surface area contributed by atoms with E-state index in [4.69, 9.17) is 0 Å². The van der Waals surface area contributed by atoms with Crippen molar-refractivity contribution in [3.8, 4) is 22.3 Å². The van der Waals surface area contributed by atoms with Gasteiger partial charge in [0.1, 0.15) is 0 Å². The number of benzene rings is 2. The fraction of sp³-hybridized carbons (Fsp3) is 0.0556. The maximum Gasteiger partial charge on any atom is 0.0273 e. The third kappa shape index (κ3) is 2.41. The molecule has 3 rings (SSSR count). The summed E-state index contributed by atoms with van der Waals surface area (Å²) in [4.78, 5) is 4.05. The molecule has 0 atom stereocenters. The van der Waals surface area contributed by atoms with Gasteiger partial charge in [-0.2, -0.15) is 0 Å². The minimum atomic E-state index is 1.20. The summed E-state index contributed by atoms with van der Waals surface area (Å²) in [6.07, 6.45) is 3.65. The topological polar surface area (TPSA) is 12.9 Å². The molecule has 2 aromatic carbocycles. The number of hydrogen-bond donors (Lipinski definition) is 0. The monoisotopic (exact) mass is 245 g/mol. The molecule has 0 bridgehead atoms. The molecule has 1 aromatic heterocycles. The predicted octanol–water partition coefficient (Wildman–Crippen LogP) is 4.72. The van der Waals surface area contributed by atoms with Gasteiger partial charge in [-0.05, 0) is 46.9 Å². The molecule has 0 N–H and O–H groups in total. The van der Waals surface area contributed by atoms with Crippen molar-refractivity contribution in [2.24, 2.45) is 0 Å². The highest BCUT2D eigenvalue weighted by molar-refractivity contribution is 5.71. The molecular formula is C18H15N. The lowest BCUT2D eigenvalue weighted by atomic mass is 9.98. The molecule has 0 radical (unpaired) electrons. The van der Waals surface area contributed by atoms with Crippen LogP contribution in [0, 0.1) is 6.92 Å². The van der Waals surface area contributed by atoms with Gasteiger partial charge < -0.3 is 0 Å². The van der Waals surface area contributed by atoms with Gasteiger partial charge in [0, 0.05) is 12.4 Å². The van der Waals surface area contributed by atoms with Crippen molar-refractivity contribution in [2.45, 2.75) is 6.92 Å². The molecule has 0 aliphatic carbocycles. The van der Waals surface area contributed by atoms with E-state index >= 15 is 0 Å². The van der Waals surface area contributed by atoms with Crippen molar-refractivity contribution in [3.05, 3.63) is 78.6 Å². The van der Waals surface area contributed by atoms with Gasteiger partial charge >= 0.3 is 0 Å². The maximum atomic E-state index is 4.05. The Kier molecular flexibility index (Phi) is 3.11. The van der Waals surface area contributed by atoms with E-state index < -0.39 is 0 Å². The molecule has 1 nitrogen and oxygen atoms in total. The van der Waals surface area contributed by atoms with Gasteiger partial charge in [-0.1, -0.05) is 48.5 Å². The van der Waals surface area contributed by atoms with Crippen LogP contribution in [0.5, 0.6) is 0 Å². The molecule has 0 spiro atoms. The summed E-state index contributed by atoms with van der Waals surface area (Å²) in [5.74, 6) is 0. The highest BCUT2D eigenvalue weighted by Crippen LogP contribution is 2.26. The molecule has 92 valence electrons. The molecule has 1 heteroatoms. The second-order valence-electron chi connectivity index (χ2n) is 4.63. The second kappa shape index (κ2) is 5.07. The number of hydrogen-bond acceptors (Lipinski definition) is 1. The Labute approximate surface area is 113 Å². The number of rotatable bonds is 2. The van der Waals surface area contributed by atoms with Crippen LogP contribution < -0.4 is 0 Å². The van der Waals surface area contributed by atoms with Crippen molar-refractivity contribution >= 4 is 0 Å². The molecule has 0 aliphatic rings. The van der Waals surface area contributed by atoms with E-state index in [1.807, 2.05) is 24.5 Å². The first-order valence-electron chi connectivity index (χ1n) is 6.41. The summed E-state index contributed by atoms with van der Waals surface area (Å²) in [7, 11) is 0. The molecule has 3 aromatic rings. The van der Waals surface area contributed by atoms with Gasteiger partial charge in [0.2, 0.25) is 0 Å². The lowest BCUT2D eigenvalue weighted by Gasteiger charge is -2.07. The zero-order valence-electron chi connectivity index (χ0n) is 10.9. The van der Waals surface area contributed by atoms with Crippen LogP contribution in [-0.2, 0) is 0 Å². The van der Waals surface area contributed by atoms with Gasteiger partial charge in [0.05, 0.1) is 0 Å². The van der Waals surface area contributed by atoms with Crippen LogP contribution in [0.2, 0.25) is 0 Å². The van der Waals surface area contributed by atoms with Crippen LogP contribution in [0.3, 0.4) is 0 Å². The van der Waals surface area contributed by atoms with E-state index in [2.05, 4.69) is 60.4 Å². The van der Waals surface area contributed by atoms with Crippen LogP contribution in [0.4, 0.5) is 0 Å². The molecule has 0 aliphatic heterocycles. The third-order valence-corrected chi connectivity index (χ3v) is 3.35. The molecule has 0 amide bonds. The molecule has 1 heterocycles. The molecule has 0 saturated carbocycles. The predicted molar refractivity (Wildman–Crippen MR) is 79.8 cm³/mol. The summed E-state index contributed by atoms with van der Waals surface area (Å²) >= 11 is 0. The van der Waals surface area contributed by atoms with Crippen LogP contribution >= 0.6 is 0 Å². The summed E-state index contributed by atoms with van der Waals surface area (Å²) in [6.45, 7) is 2.14. The van der Waals surface area contributed by atoms with Crippen LogP contribution in [0.25, 0.3) is 22.3 Å². The average molecular weight is 245 g/mol. The number of nitrogens with zero attached hydrogens (tertiary/aromatic N) is 1. The first-order chi connectivity index (χ1) is 9.34. The van der Waals surface area contributed by atoms with Gasteiger partial charge in [-0.15, -0.1) is 0 Å². The Morgan fingerprint density at radius 3 is 1.89 bits per heavy atom. The van der Waals surface area contributed by atoms with E-state index in [0.717, 1.165) is 0 Å². The highest BCUT2D eigenvalue weighted by Gasteiger charge is 2.01. The normalized spacial score (nSPS) is 10.4. The van der Waals surface area contributed by atoms with Crippen molar-refractivity contribution in [1.29, 1.82) is 0 Å². The smallest absolute Gasteiger partial charge is 0.0273 e. The van der Waals surface area contributed by atoms with Crippen molar-refractivity contribution < 1.29 is 0 Å². The Bertz CT molecular complexity index is 670. The first-order valence-corrected chi connectivity index (χ1v) is 6.41. The lowest BCUT2D eigenvalue weighted by molar-refractivity contribution is 1.33. The quantitative estimate of drug-likeness (QED) is 0.636. The average Bonchev–Trinajstić information content (AvgIpc) is 2.49. The fourth-order valence-electron chi connectivity index (χ4n) is 2.28. The number of aromatic nitrogens is 1. The first kappa shape index (κ1) is 11.7. The van der Waals surface area contributed by atoms with E-state index in [-0.39, 0.29) is 0 Å². The van der Waals surface area contributed by atoms with Crippen molar-refractivity contribution in [3.63, 3.8) is 0 Å². The van der Waals surface area contributed by atoms with E-state index in [1.165, 1.54) is 27.8 Å². The fourth-order valence-corrected chi connectivity index (χ4v) is 2.28. The largest absolute Gasteiger partial charge is 0.265 e. The minimum absolute atomic E-state index is 1.20. The van der Waals surface area contributed by atoms with Crippen LogP contribution in [0.1, 0.15) is 5.56 Å². The van der Waals surface area contributed by atoms with E-state index in [1.54, 1.807) is 0 Å². The Morgan fingerprint density at radius 1 is 0.632 bits per heavy atom. The van der Waals surface area contributed by atoms with Crippen molar-refractivity contribution in [2.75, 3.05) is 0 Å². The summed E-state index contributed by atoms with van der Waals surface area (Å²) in [5.41, 5.74) is 6.28. The van der Waals surface area contributed by atoms with Crippen molar-refractivity contribution in [1.82, 2.24) is 4.98 Å². The highest BCUT2D eigenvalue weighted by atomic mass is 14.6. The summed E-state index contributed by atoms with van der Waals surface area (Å²) in [5, 5.41) is 0. The zero-order chi connectivity index (χ0) is 13.1. The molecule has 0 saturated heterocycles. The second-order valence-corrected chi connectivity index (χ2v) is 4.63. The zero-order valence-corrected chi connectivity index (χ0v) is 10.9. The molecule has 19 heavy (non-hydrogen) atoms.